The van der Waals surface area contributed by atoms with Gasteiger partial charge >= 0.3 is 0 Å². The number of benzene rings is 1. The fourth-order valence-electron chi connectivity index (χ4n) is 2.11. The maximum Gasteiger partial charge on any atom is 0.224 e. The lowest BCUT2D eigenvalue weighted by molar-refractivity contribution is -0.120. The summed E-state index contributed by atoms with van der Waals surface area (Å²) in [6.45, 7) is 3.92. The molecule has 2 rings (SSSR count). The Morgan fingerprint density at radius 3 is 2.79 bits per heavy atom. The van der Waals surface area contributed by atoms with Crippen LogP contribution in [-0.4, -0.2) is 48.5 Å². The SMILES string of the molecule is Nc1ccccc1CC(=O)NCCN1CCSCC1. The van der Waals surface area contributed by atoms with Crippen molar-refractivity contribution in [2.45, 2.75) is 6.42 Å². The Balaban J connectivity index is 1.68. The molecular weight excluding hydrogens is 258 g/mol. The standard InChI is InChI=1S/C14H21N3OS/c15-13-4-2-1-3-12(13)11-14(18)16-5-6-17-7-9-19-10-8-17/h1-4H,5-11,15H2,(H,16,18). The normalized spacial score (nSPS) is 16.2. The van der Waals surface area contributed by atoms with Crippen molar-refractivity contribution >= 4 is 23.4 Å². The topological polar surface area (TPSA) is 58.4 Å². The summed E-state index contributed by atoms with van der Waals surface area (Å²) in [7, 11) is 0. The maximum atomic E-state index is 11.8. The first-order valence-corrected chi connectivity index (χ1v) is 7.81. The number of carbonyl (C=O) groups excluding carboxylic acids is 1. The van der Waals surface area contributed by atoms with Crippen molar-refractivity contribution in [1.82, 2.24) is 10.2 Å². The molecule has 0 radical (unpaired) electrons. The number of nitrogen functional groups attached to an aromatic ring is 1. The predicted octanol–water partition coefficient (Wildman–Crippen LogP) is 0.976. The van der Waals surface area contributed by atoms with Gasteiger partial charge in [-0.05, 0) is 11.6 Å². The van der Waals surface area contributed by atoms with Gasteiger partial charge in [-0.1, -0.05) is 18.2 Å². The molecule has 1 aromatic rings. The molecule has 1 saturated heterocycles. The van der Waals surface area contributed by atoms with Crippen LogP contribution in [0, 0.1) is 0 Å². The van der Waals surface area contributed by atoms with Crippen LogP contribution in [0.2, 0.25) is 0 Å². The van der Waals surface area contributed by atoms with Crippen molar-refractivity contribution in [3.63, 3.8) is 0 Å². The molecule has 0 aromatic heterocycles. The van der Waals surface area contributed by atoms with E-state index in [0.717, 1.165) is 31.7 Å². The summed E-state index contributed by atoms with van der Waals surface area (Å²) in [5, 5.41) is 2.96. The van der Waals surface area contributed by atoms with Crippen LogP contribution < -0.4 is 11.1 Å². The Morgan fingerprint density at radius 1 is 1.32 bits per heavy atom. The Morgan fingerprint density at radius 2 is 2.05 bits per heavy atom. The molecule has 104 valence electrons. The number of nitrogens with one attached hydrogen (secondary N) is 1. The van der Waals surface area contributed by atoms with Crippen molar-refractivity contribution in [2.24, 2.45) is 0 Å². The second-order valence-corrected chi connectivity index (χ2v) is 5.90. The monoisotopic (exact) mass is 279 g/mol. The average molecular weight is 279 g/mol. The van der Waals surface area contributed by atoms with Gasteiger partial charge in [0.2, 0.25) is 5.91 Å². The number of amides is 1. The van der Waals surface area contributed by atoms with Gasteiger partial charge in [0.1, 0.15) is 0 Å². The number of rotatable bonds is 5. The molecule has 5 heteroatoms. The van der Waals surface area contributed by atoms with Gasteiger partial charge in [0.25, 0.3) is 0 Å². The average Bonchev–Trinajstić information content (AvgIpc) is 2.43. The lowest BCUT2D eigenvalue weighted by atomic mass is 10.1. The van der Waals surface area contributed by atoms with Crippen molar-refractivity contribution < 1.29 is 4.79 Å². The number of hydrogen-bond donors (Lipinski definition) is 2. The summed E-state index contributed by atoms with van der Waals surface area (Å²) in [6.07, 6.45) is 0.364. The number of nitrogens with two attached hydrogens (primary N) is 1. The highest BCUT2D eigenvalue weighted by molar-refractivity contribution is 7.99. The molecule has 4 nitrogen and oxygen atoms in total. The number of anilines is 1. The zero-order valence-corrected chi connectivity index (χ0v) is 11.9. The van der Waals surface area contributed by atoms with Gasteiger partial charge in [-0.2, -0.15) is 11.8 Å². The number of nitrogens with zero attached hydrogens (tertiary/aromatic N) is 1. The quantitative estimate of drug-likeness (QED) is 0.789. The molecule has 1 fully saturated rings. The van der Waals surface area contributed by atoms with Crippen LogP contribution in [0.15, 0.2) is 24.3 Å². The van der Waals surface area contributed by atoms with Crippen LogP contribution in [0.5, 0.6) is 0 Å². The number of carbonyl (C=O) groups is 1. The smallest absolute Gasteiger partial charge is 0.224 e. The maximum absolute atomic E-state index is 11.8. The van der Waals surface area contributed by atoms with E-state index in [0.29, 0.717) is 12.1 Å². The third-order valence-corrected chi connectivity index (χ3v) is 4.20. The van der Waals surface area contributed by atoms with Gasteiger partial charge in [0.05, 0.1) is 6.42 Å². The van der Waals surface area contributed by atoms with E-state index >= 15 is 0 Å². The van der Waals surface area contributed by atoms with Crippen LogP contribution >= 0.6 is 11.8 Å². The van der Waals surface area contributed by atoms with Crippen LogP contribution in [0.25, 0.3) is 0 Å². The first-order chi connectivity index (χ1) is 9.25. The molecule has 0 aliphatic carbocycles. The molecule has 1 aliphatic rings. The minimum absolute atomic E-state index is 0.0456. The summed E-state index contributed by atoms with van der Waals surface area (Å²) < 4.78 is 0. The molecule has 1 aliphatic heterocycles. The Kier molecular flexibility index (Phi) is 5.54. The number of hydrogen-bond acceptors (Lipinski definition) is 4. The van der Waals surface area contributed by atoms with Gasteiger partial charge in [-0.3, -0.25) is 9.69 Å². The molecule has 19 heavy (non-hydrogen) atoms. The molecule has 1 heterocycles. The van der Waals surface area contributed by atoms with E-state index in [4.69, 9.17) is 5.73 Å². The lowest BCUT2D eigenvalue weighted by Gasteiger charge is -2.26. The van der Waals surface area contributed by atoms with Crippen LogP contribution in [0.1, 0.15) is 5.56 Å². The van der Waals surface area contributed by atoms with E-state index in [1.807, 2.05) is 36.0 Å². The van der Waals surface area contributed by atoms with E-state index in [1.165, 1.54) is 11.5 Å². The van der Waals surface area contributed by atoms with Gasteiger partial charge < -0.3 is 11.1 Å². The van der Waals surface area contributed by atoms with Gasteiger partial charge in [-0.25, -0.2) is 0 Å². The number of thioether (sulfide) groups is 1. The highest BCUT2D eigenvalue weighted by Gasteiger charge is 2.10. The van der Waals surface area contributed by atoms with Gasteiger partial charge in [-0.15, -0.1) is 0 Å². The summed E-state index contributed by atoms with van der Waals surface area (Å²) >= 11 is 2.00. The van der Waals surface area contributed by atoms with E-state index in [-0.39, 0.29) is 5.91 Å². The van der Waals surface area contributed by atoms with E-state index in [2.05, 4.69) is 10.2 Å². The summed E-state index contributed by atoms with van der Waals surface area (Å²) in [5.41, 5.74) is 7.41. The molecular formula is C14H21N3OS. The van der Waals surface area contributed by atoms with Crippen LogP contribution in [0.3, 0.4) is 0 Å². The van der Waals surface area contributed by atoms with Gasteiger partial charge in [0.15, 0.2) is 0 Å². The largest absolute Gasteiger partial charge is 0.398 e. The van der Waals surface area contributed by atoms with Crippen molar-refractivity contribution in [3.05, 3.63) is 29.8 Å². The van der Waals surface area contributed by atoms with E-state index in [9.17, 15) is 4.79 Å². The zero-order chi connectivity index (χ0) is 13.5. The summed E-state index contributed by atoms with van der Waals surface area (Å²) in [4.78, 5) is 14.2. The molecule has 3 N–H and O–H groups in total. The van der Waals surface area contributed by atoms with Gasteiger partial charge in [0, 0.05) is 43.4 Å². The molecule has 0 spiro atoms. The molecule has 0 bridgehead atoms. The third-order valence-electron chi connectivity index (χ3n) is 3.26. The van der Waals surface area contributed by atoms with E-state index < -0.39 is 0 Å². The predicted molar refractivity (Wildman–Crippen MR) is 81.3 cm³/mol. The fourth-order valence-corrected chi connectivity index (χ4v) is 3.09. The Labute approximate surface area is 118 Å². The first kappa shape index (κ1) is 14.2. The highest BCUT2D eigenvalue weighted by Crippen LogP contribution is 2.11. The second-order valence-electron chi connectivity index (χ2n) is 4.68. The van der Waals surface area contributed by atoms with Crippen LogP contribution in [-0.2, 0) is 11.2 Å². The number of para-hydroxylation sites is 1. The fraction of sp³-hybridized carbons (Fsp3) is 0.500. The third kappa shape index (κ3) is 4.76. The minimum Gasteiger partial charge on any atom is -0.398 e. The van der Waals surface area contributed by atoms with Crippen molar-refractivity contribution in [2.75, 3.05) is 43.4 Å². The molecule has 1 amide bonds. The Bertz CT molecular complexity index is 419. The van der Waals surface area contributed by atoms with Crippen molar-refractivity contribution in [1.29, 1.82) is 0 Å². The first-order valence-electron chi connectivity index (χ1n) is 6.66. The molecule has 0 atom stereocenters. The molecule has 1 aromatic carbocycles. The molecule has 0 unspecified atom stereocenters. The highest BCUT2D eigenvalue weighted by atomic mass is 32.2. The zero-order valence-electron chi connectivity index (χ0n) is 11.1. The summed E-state index contributed by atoms with van der Waals surface area (Å²) in [5.74, 6) is 2.45. The van der Waals surface area contributed by atoms with Crippen LogP contribution in [0.4, 0.5) is 5.69 Å². The molecule has 0 saturated carbocycles. The second kappa shape index (κ2) is 7.40. The minimum atomic E-state index is 0.0456. The summed E-state index contributed by atoms with van der Waals surface area (Å²) in [6, 6.07) is 7.51. The lowest BCUT2D eigenvalue weighted by Crippen LogP contribution is -2.39. The Hall–Kier alpha value is -1.20. The van der Waals surface area contributed by atoms with Crippen molar-refractivity contribution in [3.8, 4) is 0 Å². The van der Waals surface area contributed by atoms with E-state index in [1.54, 1.807) is 0 Å².